The molecule has 0 aromatic rings. The Bertz CT molecular complexity index is 264. The highest BCUT2D eigenvalue weighted by molar-refractivity contribution is 4.96. The molecule has 1 rings (SSSR count). The maximum absolute atomic E-state index is 12.9. The van der Waals surface area contributed by atoms with Crippen LogP contribution in [0.1, 0.15) is 6.42 Å². The molecule has 15 heavy (non-hydrogen) atoms. The number of nitrogens with zero attached hydrogens (tertiary/aromatic N) is 1. The van der Waals surface area contributed by atoms with Gasteiger partial charge in [-0.05, 0) is 6.42 Å². The lowest BCUT2D eigenvalue weighted by molar-refractivity contribution is -0.449. The standard InChI is InChI=1S/C8H14FN3O3/c1-10-8(7(9)12(13)14)11-4-6-2-3-15-5-6/h6,10-11H,2-5H2,1H3. The number of halogens is 1. The summed E-state index contributed by atoms with van der Waals surface area (Å²) in [5.41, 5.74) is 0. The van der Waals surface area contributed by atoms with Crippen LogP contribution in [0.2, 0.25) is 0 Å². The fraction of sp³-hybridized carbons (Fsp3) is 0.750. The Morgan fingerprint density at radius 2 is 2.47 bits per heavy atom. The van der Waals surface area contributed by atoms with Crippen molar-refractivity contribution in [3.05, 3.63) is 21.9 Å². The molecule has 0 spiro atoms. The molecule has 0 radical (unpaired) electrons. The quantitative estimate of drug-likeness (QED) is 0.392. The second-order valence-electron chi connectivity index (χ2n) is 3.28. The second kappa shape index (κ2) is 5.50. The number of nitrogens with one attached hydrogen (secondary N) is 2. The van der Waals surface area contributed by atoms with Gasteiger partial charge >= 0.3 is 5.95 Å². The van der Waals surface area contributed by atoms with Crippen LogP contribution in [0.4, 0.5) is 4.39 Å². The first kappa shape index (κ1) is 11.7. The molecule has 0 saturated carbocycles. The van der Waals surface area contributed by atoms with E-state index in [-0.39, 0.29) is 11.7 Å². The number of hydrogen-bond donors (Lipinski definition) is 2. The summed E-state index contributed by atoms with van der Waals surface area (Å²) in [5, 5.41) is 15.2. The van der Waals surface area contributed by atoms with Gasteiger partial charge in [0, 0.05) is 26.1 Å². The van der Waals surface area contributed by atoms with Gasteiger partial charge < -0.3 is 15.4 Å². The van der Waals surface area contributed by atoms with Gasteiger partial charge in [0.05, 0.1) is 11.5 Å². The number of rotatable bonds is 5. The average molecular weight is 219 g/mol. The molecule has 7 heteroatoms. The van der Waals surface area contributed by atoms with Crippen LogP contribution < -0.4 is 10.6 Å². The number of nitro groups is 1. The highest BCUT2D eigenvalue weighted by Gasteiger charge is 2.20. The van der Waals surface area contributed by atoms with Gasteiger partial charge in [0.15, 0.2) is 0 Å². The van der Waals surface area contributed by atoms with Gasteiger partial charge in [-0.25, -0.2) is 0 Å². The molecule has 0 aromatic carbocycles. The molecule has 2 N–H and O–H groups in total. The zero-order chi connectivity index (χ0) is 11.3. The van der Waals surface area contributed by atoms with Gasteiger partial charge in [0.25, 0.3) is 0 Å². The molecule has 1 saturated heterocycles. The highest BCUT2D eigenvalue weighted by Crippen LogP contribution is 2.11. The van der Waals surface area contributed by atoms with Gasteiger partial charge in [-0.3, -0.25) is 10.1 Å². The summed E-state index contributed by atoms with van der Waals surface area (Å²) in [5.74, 6) is -1.30. The van der Waals surface area contributed by atoms with E-state index in [9.17, 15) is 14.5 Å². The maximum atomic E-state index is 12.9. The van der Waals surface area contributed by atoms with Crippen molar-refractivity contribution in [3.8, 4) is 0 Å². The van der Waals surface area contributed by atoms with Gasteiger partial charge in [0.1, 0.15) is 0 Å². The van der Waals surface area contributed by atoms with Crippen LogP contribution in [0.25, 0.3) is 0 Å². The largest absolute Gasteiger partial charge is 0.459 e. The third kappa shape index (κ3) is 3.35. The van der Waals surface area contributed by atoms with E-state index in [1.807, 2.05) is 0 Å². The van der Waals surface area contributed by atoms with Crippen LogP contribution in [0, 0.1) is 16.0 Å². The van der Waals surface area contributed by atoms with Crippen molar-refractivity contribution in [3.63, 3.8) is 0 Å². The average Bonchev–Trinajstić information content (AvgIpc) is 2.71. The predicted octanol–water partition coefficient (Wildman–Crippen LogP) is 0.205. The molecular weight excluding hydrogens is 205 g/mol. The molecule has 1 atom stereocenters. The summed E-state index contributed by atoms with van der Waals surface area (Å²) in [4.78, 5) is 9.10. The lowest BCUT2D eigenvalue weighted by Crippen LogP contribution is -2.30. The van der Waals surface area contributed by atoms with Crippen LogP contribution in [0.3, 0.4) is 0 Å². The smallest absolute Gasteiger partial charge is 0.381 e. The Labute approximate surface area is 86.6 Å². The molecule has 0 bridgehead atoms. The van der Waals surface area contributed by atoms with Crippen LogP contribution >= 0.6 is 0 Å². The maximum Gasteiger partial charge on any atom is 0.459 e. The fourth-order valence-corrected chi connectivity index (χ4v) is 1.35. The predicted molar refractivity (Wildman–Crippen MR) is 51.1 cm³/mol. The van der Waals surface area contributed by atoms with Crippen molar-refractivity contribution in [2.75, 3.05) is 26.8 Å². The minimum Gasteiger partial charge on any atom is -0.381 e. The molecule has 6 nitrogen and oxygen atoms in total. The van der Waals surface area contributed by atoms with Gasteiger partial charge in [-0.1, -0.05) is 0 Å². The van der Waals surface area contributed by atoms with Crippen LogP contribution in [-0.2, 0) is 4.74 Å². The third-order valence-electron chi connectivity index (χ3n) is 2.21. The summed E-state index contributed by atoms with van der Waals surface area (Å²) < 4.78 is 18.0. The summed E-state index contributed by atoms with van der Waals surface area (Å²) in [6.45, 7) is 1.78. The molecule has 1 aliphatic rings. The third-order valence-corrected chi connectivity index (χ3v) is 2.21. The van der Waals surface area contributed by atoms with Gasteiger partial charge in [-0.2, -0.15) is 0 Å². The van der Waals surface area contributed by atoms with Gasteiger partial charge in [0.2, 0.25) is 5.82 Å². The first-order valence-electron chi connectivity index (χ1n) is 4.68. The molecule has 1 aliphatic heterocycles. The molecule has 0 amide bonds. The summed E-state index contributed by atoms with van der Waals surface area (Å²) >= 11 is 0. The van der Waals surface area contributed by atoms with E-state index in [1.54, 1.807) is 0 Å². The van der Waals surface area contributed by atoms with Crippen molar-refractivity contribution >= 4 is 0 Å². The van der Waals surface area contributed by atoms with E-state index in [2.05, 4.69) is 10.6 Å². The first-order valence-corrected chi connectivity index (χ1v) is 4.68. The summed E-state index contributed by atoms with van der Waals surface area (Å²) in [6, 6.07) is 0. The number of ether oxygens (including phenoxy) is 1. The van der Waals surface area contributed by atoms with Crippen molar-refractivity contribution in [2.24, 2.45) is 5.92 Å². The normalized spacial score (nSPS) is 22.1. The van der Waals surface area contributed by atoms with E-state index in [0.717, 1.165) is 6.42 Å². The Balaban J connectivity index is 2.46. The topological polar surface area (TPSA) is 76.4 Å². The minimum atomic E-state index is -1.39. The molecular formula is C8H14FN3O3. The van der Waals surface area contributed by atoms with Crippen LogP contribution in [0.5, 0.6) is 0 Å². The molecule has 1 unspecified atom stereocenters. The molecule has 0 aliphatic carbocycles. The van der Waals surface area contributed by atoms with Crippen molar-refractivity contribution in [2.45, 2.75) is 6.42 Å². The Morgan fingerprint density at radius 1 is 1.73 bits per heavy atom. The van der Waals surface area contributed by atoms with Gasteiger partial charge in [-0.15, -0.1) is 4.39 Å². The molecule has 1 fully saturated rings. The highest BCUT2D eigenvalue weighted by atomic mass is 19.1. The molecule has 0 aromatic heterocycles. The lowest BCUT2D eigenvalue weighted by Gasteiger charge is -2.11. The Kier molecular flexibility index (Phi) is 4.29. The van der Waals surface area contributed by atoms with E-state index >= 15 is 0 Å². The fourth-order valence-electron chi connectivity index (χ4n) is 1.35. The van der Waals surface area contributed by atoms with E-state index in [4.69, 9.17) is 4.74 Å². The number of hydrogen-bond acceptors (Lipinski definition) is 5. The minimum absolute atomic E-state index is 0.188. The zero-order valence-corrected chi connectivity index (χ0v) is 8.46. The van der Waals surface area contributed by atoms with Crippen molar-refractivity contribution < 1.29 is 14.1 Å². The Morgan fingerprint density at radius 3 is 2.93 bits per heavy atom. The zero-order valence-electron chi connectivity index (χ0n) is 8.46. The summed E-state index contributed by atoms with van der Waals surface area (Å²) in [6.07, 6.45) is 0.893. The molecule has 86 valence electrons. The lowest BCUT2D eigenvalue weighted by atomic mass is 10.1. The van der Waals surface area contributed by atoms with E-state index in [0.29, 0.717) is 19.8 Å². The Hall–Kier alpha value is -1.37. The van der Waals surface area contributed by atoms with E-state index in [1.165, 1.54) is 7.05 Å². The van der Waals surface area contributed by atoms with Crippen molar-refractivity contribution in [1.29, 1.82) is 0 Å². The van der Waals surface area contributed by atoms with Crippen molar-refractivity contribution in [1.82, 2.24) is 10.6 Å². The van der Waals surface area contributed by atoms with E-state index < -0.39 is 10.9 Å². The van der Waals surface area contributed by atoms with Crippen LogP contribution in [-0.4, -0.2) is 31.7 Å². The second-order valence-corrected chi connectivity index (χ2v) is 3.28. The van der Waals surface area contributed by atoms with Crippen LogP contribution in [0.15, 0.2) is 11.8 Å². The SMILES string of the molecule is CNC(NCC1CCOC1)=C(F)[N+](=O)[O-]. The molecule has 1 heterocycles. The first-order chi connectivity index (χ1) is 7.15. The summed E-state index contributed by atoms with van der Waals surface area (Å²) in [7, 11) is 1.43. The monoisotopic (exact) mass is 219 g/mol.